The fraction of sp³-hybridized carbons (Fsp3) is 0.667. The number of hydrogen-bond acceptors (Lipinski definition) is 3. The van der Waals surface area contributed by atoms with Crippen LogP contribution in [0.2, 0.25) is 0 Å². The van der Waals surface area contributed by atoms with Gasteiger partial charge < -0.3 is 15.1 Å². The summed E-state index contributed by atoms with van der Waals surface area (Å²) in [6.07, 6.45) is 2.29. The molecule has 2 aliphatic rings. The lowest BCUT2D eigenvalue weighted by Crippen LogP contribution is -2.57. The monoisotopic (exact) mass is 541 g/mol. The topological polar surface area (TPSA) is 51.2 Å². The third-order valence-electron chi connectivity index (χ3n) is 6.67. The molecule has 1 amide bonds. The molecule has 0 bridgehead atoms. The zero-order valence-corrected chi connectivity index (χ0v) is 22.2. The number of aliphatic imine (C=N–C) groups is 1. The summed E-state index contributed by atoms with van der Waals surface area (Å²) in [4.78, 5) is 23.9. The quantitative estimate of drug-likeness (QED) is 0.354. The molecule has 2 fully saturated rings. The second-order valence-corrected chi connectivity index (χ2v) is 9.38. The van der Waals surface area contributed by atoms with E-state index in [0.717, 1.165) is 64.6 Å². The van der Waals surface area contributed by atoms with Gasteiger partial charge in [-0.05, 0) is 32.3 Å². The summed E-state index contributed by atoms with van der Waals surface area (Å²) in [5.74, 6) is 1.25. The summed E-state index contributed by atoms with van der Waals surface area (Å²) in [5, 5.41) is 3.59. The van der Waals surface area contributed by atoms with Crippen LogP contribution in [0.5, 0.6) is 0 Å². The third-order valence-corrected chi connectivity index (χ3v) is 6.67. The first-order chi connectivity index (χ1) is 14.3. The van der Waals surface area contributed by atoms with Crippen LogP contribution in [0.25, 0.3) is 0 Å². The first-order valence-corrected chi connectivity index (χ1v) is 11.4. The molecule has 2 heterocycles. The minimum absolute atomic E-state index is 0. The highest BCUT2D eigenvalue weighted by Crippen LogP contribution is 2.23. The minimum Gasteiger partial charge on any atom is -0.355 e. The maximum Gasteiger partial charge on any atom is 0.239 e. The number of carbonyl (C=O) groups is 1. The van der Waals surface area contributed by atoms with Gasteiger partial charge in [-0.3, -0.25) is 14.7 Å². The Morgan fingerprint density at radius 3 is 2.16 bits per heavy atom. The van der Waals surface area contributed by atoms with Crippen molar-refractivity contribution in [3.63, 3.8) is 0 Å². The summed E-state index contributed by atoms with van der Waals surface area (Å²) in [6.45, 7) is 15.0. The Morgan fingerprint density at radius 1 is 1.03 bits per heavy atom. The lowest BCUT2D eigenvalue weighted by molar-refractivity contribution is -0.135. The largest absolute Gasteiger partial charge is 0.355 e. The van der Waals surface area contributed by atoms with E-state index in [0.29, 0.717) is 5.91 Å². The molecule has 0 aliphatic carbocycles. The third kappa shape index (κ3) is 6.57. The van der Waals surface area contributed by atoms with Crippen LogP contribution in [0.3, 0.4) is 0 Å². The Balaban J connectivity index is 0.00000341. The Kier molecular flexibility index (Phi) is 9.61. The van der Waals surface area contributed by atoms with Crippen LogP contribution >= 0.6 is 24.0 Å². The van der Waals surface area contributed by atoms with E-state index in [9.17, 15) is 4.79 Å². The summed E-state index contributed by atoms with van der Waals surface area (Å²) in [7, 11) is 1.85. The predicted molar refractivity (Wildman–Crippen MR) is 139 cm³/mol. The van der Waals surface area contributed by atoms with E-state index in [1.807, 2.05) is 11.9 Å². The molecule has 1 atom stereocenters. The molecule has 6 nitrogen and oxygen atoms in total. The highest BCUT2D eigenvalue weighted by Gasteiger charge is 2.31. The molecule has 7 heteroatoms. The SMILES string of the molecule is CN=C(NCC(C)(C)c1ccc(C)cc1)N1CCN(C(C)C(=O)N2CCCC2)CC1.I. The molecule has 0 radical (unpaired) electrons. The van der Waals surface area contributed by atoms with Crippen LogP contribution in [0, 0.1) is 6.92 Å². The maximum absolute atomic E-state index is 12.7. The van der Waals surface area contributed by atoms with Gasteiger partial charge in [0.05, 0.1) is 6.04 Å². The van der Waals surface area contributed by atoms with Gasteiger partial charge >= 0.3 is 0 Å². The highest BCUT2D eigenvalue weighted by atomic mass is 127. The first-order valence-electron chi connectivity index (χ1n) is 11.4. The molecule has 2 aliphatic heterocycles. The van der Waals surface area contributed by atoms with Gasteiger partial charge in [-0.25, -0.2) is 0 Å². The van der Waals surface area contributed by atoms with E-state index in [1.165, 1.54) is 11.1 Å². The second-order valence-electron chi connectivity index (χ2n) is 9.38. The molecule has 1 aromatic rings. The number of amides is 1. The molecule has 0 saturated carbocycles. The van der Waals surface area contributed by atoms with Crippen molar-refractivity contribution >= 4 is 35.8 Å². The Labute approximate surface area is 205 Å². The molecule has 1 aromatic carbocycles. The van der Waals surface area contributed by atoms with Crippen LogP contribution in [-0.2, 0) is 10.2 Å². The van der Waals surface area contributed by atoms with Gasteiger partial charge in [0.2, 0.25) is 5.91 Å². The Hall–Kier alpha value is -1.35. The van der Waals surface area contributed by atoms with Crippen molar-refractivity contribution in [2.75, 3.05) is 52.9 Å². The number of benzene rings is 1. The van der Waals surface area contributed by atoms with E-state index < -0.39 is 0 Å². The van der Waals surface area contributed by atoms with Gasteiger partial charge in [0.1, 0.15) is 0 Å². The lowest BCUT2D eigenvalue weighted by atomic mass is 9.84. The van der Waals surface area contributed by atoms with Crippen LogP contribution < -0.4 is 5.32 Å². The van der Waals surface area contributed by atoms with Gasteiger partial charge in [0, 0.05) is 58.3 Å². The number of likely N-dealkylation sites (tertiary alicyclic amines) is 1. The highest BCUT2D eigenvalue weighted by molar-refractivity contribution is 14.0. The van der Waals surface area contributed by atoms with Crippen LogP contribution in [0.4, 0.5) is 0 Å². The zero-order valence-electron chi connectivity index (χ0n) is 19.9. The molecular weight excluding hydrogens is 501 g/mol. The standard InChI is InChI=1S/C24H39N5O.HI/c1-19-8-10-21(11-9-19)24(3,4)18-26-23(25-5)29-16-14-27(15-17-29)20(2)22(30)28-12-6-7-13-28;/h8-11,20H,6-7,12-18H2,1-5H3,(H,25,26);1H. The molecular formula is C24H40IN5O. The molecule has 3 rings (SSSR count). The average Bonchev–Trinajstić information content (AvgIpc) is 3.29. The fourth-order valence-electron chi connectivity index (χ4n) is 4.42. The van der Waals surface area contributed by atoms with Gasteiger partial charge in [0.15, 0.2) is 5.96 Å². The van der Waals surface area contributed by atoms with E-state index in [2.05, 4.69) is 72.1 Å². The molecule has 31 heavy (non-hydrogen) atoms. The van der Waals surface area contributed by atoms with Crippen LogP contribution in [0.15, 0.2) is 29.3 Å². The van der Waals surface area contributed by atoms with Crippen molar-refractivity contribution in [3.8, 4) is 0 Å². The van der Waals surface area contributed by atoms with Crippen molar-refractivity contribution in [1.82, 2.24) is 20.0 Å². The Morgan fingerprint density at radius 2 is 1.61 bits per heavy atom. The number of piperazine rings is 1. The van der Waals surface area contributed by atoms with Crippen LogP contribution in [-0.4, -0.2) is 85.5 Å². The molecule has 0 spiro atoms. The Bertz CT molecular complexity index is 735. The normalized spacial score (nSPS) is 19.2. The average molecular weight is 542 g/mol. The van der Waals surface area contributed by atoms with E-state index in [1.54, 1.807) is 0 Å². The van der Waals surface area contributed by atoms with E-state index in [-0.39, 0.29) is 35.4 Å². The van der Waals surface area contributed by atoms with Crippen molar-refractivity contribution in [2.24, 2.45) is 4.99 Å². The number of halogens is 1. The number of nitrogens with one attached hydrogen (secondary N) is 1. The number of nitrogens with zero attached hydrogens (tertiary/aromatic N) is 4. The van der Waals surface area contributed by atoms with Crippen LogP contribution in [0.1, 0.15) is 44.7 Å². The van der Waals surface area contributed by atoms with Crippen molar-refractivity contribution < 1.29 is 4.79 Å². The minimum atomic E-state index is -0.0271. The summed E-state index contributed by atoms with van der Waals surface area (Å²) >= 11 is 0. The summed E-state index contributed by atoms with van der Waals surface area (Å²) < 4.78 is 0. The second kappa shape index (κ2) is 11.5. The van der Waals surface area contributed by atoms with Gasteiger partial charge in [0.25, 0.3) is 0 Å². The van der Waals surface area contributed by atoms with E-state index in [4.69, 9.17) is 0 Å². The molecule has 174 valence electrons. The molecule has 2 saturated heterocycles. The van der Waals surface area contributed by atoms with Gasteiger partial charge in [-0.15, -0.1) is 24.0 Å². The van der Waals surface area contributed by atoms with Crippen molar-refractivity contribution in [3.05, 3.63) is 35.4 Å². The number of rotatable bonds is 5. The van der Waals surface area contributed by atoms with Crippen molar-refractivity contribution in [2.45, 2.75) is 52.0 Å². The predicted octanol–water partition coefficient (Wildman–Crippen LogP) is 3.09. The summed E-state index contributed by atoms with van der Waals surface area (Å²) in [5.41, 5.74) is 2.63. The lowest BCUT2D eigenvalue weighted by Gasteiger charge is -2.40. The number of guanidine groups is 1. The summed E-state index contributed by atoms with van der Waals surface area (Å²) in [6, 6.07) is 8.76. The molecule has 1 N–H and O–H groups in total. The fourth-order valence-corrected chi connectivity index (χ4v) is 4.42. The smallest absolute Gasteiger partial charge is 0.239 e. The number of hydrogen-bond donors (Lipinski definition) is 1. The first kappa shape index (κ1) is 25.9. The number of carbonyl (C=O) groups excluding carboxylic acids is 1. The van der Waals surface area contributed by atoms with Crippen molar-refractivity contribution in [1.29, 1.82) is 0 Å². The molecule has 0 aromatic heterocycles. The molecule has 1 unspecified atom stereocenters. The van der Waals surface area contributed by atoms with E-state index >= 15 is 0 Å². The maximum atomic E-state index is 12.7. The van der Waals surface area contributed by atoms with Gasteiger partial charge in [-0.1, -0.05) is 43.7 Å². The zero-order chi connectivity index (χ0) is 21.7. The number of aryl methyl sites for hydroxylation is 1. The van der Waals surface area contributed by atoms with Gasteiger partial charge in [-0.2, -0.15) is 0 Å².